The summed E-state index contributed by atoms with van der Waals surface area (Å²) in [4.78, 5) is 5.12. The summed E-state index contributed by atoms with van der Waals surface area (Å²) < 4.78 is 0. The number of hydrogen-bond donors (Lipinski definition) is 0. The Morgan fingerprint density at radius 3 is 1.81 bits per heavy atom. The molecule has 3 unspecified atom stereocenters. The molecule has 332 valence electrons. The van der Waals surface area contributed by atoms with Crippen molar-refractivity contribution in [2.45, 2.75) is 76.5 Å². The molecule has 2 fully saturated rings. The summed E-state index contributed by atoms with van der Waals surface area (Å²) in [7, 11) is 0. The van der Waals surface area contributed by atoms with Gasteiger partial charge in [-0.1, -0.05) is 166 Å². The van der Waals surface area contributed by atoms with E-state index in [1.807, 2.05) is 0 Å². The van der Waals surface area contributed by atoms with Crippen LogP contribution in [0, 0.1) is 11.8 Å². The predicted molar refractivity (Wildman–Crippen MR) is 286 cm³/mol. The van der Waals surface area contributed by atoms with Crippen LogP contribution in [0.5, 0.6) is 0 Å². The molecule has 7 aliphatic carbocycles. The molecule has 6 bridgehead atoms. The van der Waals surface area contributed by atoms with Gasteiger partial charge >= 0.3 is 0 Å². The van der Waals surface area contributed by atoms with E-state index in [2.05, 4.69) is 224 Å². The van der Waals surface area contributed by atoms with Crippen molar-refractivity contribution in [3.05, 3.63) is 239 Å². The molecule has 0 aliphatic heterocycles. The van der Waals surface area contributed by atoms with Gasteiger partial charge in [-0.05, 0) is 184 Å². The highest BCUT2D eigenvalue weighted by Crippen LogP contribution is 2.55. The molecule has 0 heterocycles. The number of aryl methyl sites for hydroxylation is 4. The topological polar surface area (TPSA) is 6.48 Å². The van der Waals surface area contributed by atoms with Crippen molar-refractivity contribution in [1.29, 1.82) is 0 Å². The summed E-state index contributed by atoms with van der Waals surface area (Å²) in [6.07, 6.45) is 9.37. The van der Waals surface area contributed by atoms with Gasteiger partial charge in [0.2, 0.25) is 0 Å². The maximum Gasteiger partial charge on any atom is 0.0540 e. The van der Waals surface area contributed by atoms with Crippen LogP contribution in [0.4, 0.5) is 34.1 Å². The highest BCUT2D eigenvalue weighted by atomic mass is 15.2. The predicted octanol–water partition coefficient (Wildman–Crippen LogP) is 17.5. The Morgan fingerprint density at radius 1 is 0.441 bits per heavy atom. The second-order valence-corrected chi connectivity index (χ2v) is 20.8. The minimum atomic E-state index is -0.174. The molecule has 9 aromatic rings. The Hall–Kier alpha value is -7.16. The van der Waals surface area contributed by atoms with Crippen molar-refractivity contribution >= 4 is 44.9 Å². The first-order valence-electron chi connectivity index (χ1n) is 25.2. The van der Waals surface area contributed by atoms with Crippen LogP contribution >= 0.6 is 0 Å². The van der Waals surface area contributed by atoms with Gasteiger partial charge in [0.05, 0.1) is 5.69 Å². The molecule has 2 nitrogen and oxygen atoms in total. The van der Waals surface area contributed by atoms with E-state index < -0.39 is 0 Å². The molecule has 7 aliphatic rings. The normalized spacial score (nSPS) is 18.5. The second-order valence-electron chi connectivity index (χ2n) is 20.8. The fourth-order valence-electron chi connectivity index (χ4n) is 13.0. The van der Waals surface area contributed by atoms with Gasteiger partial charge in [-0.2, -0.15) is 0 Å². The Kier molecular flexibility index (Phi) is 10.0. The van der Waals surface area contributed by atoms with Crippen molar-refractivity contribution in [2.24, 2.45) is 11.8 Å². The third-order valence-electron chi connectivity index (χ3n) is 16.5. The number of anilines is 6. The van der Waals surface area contributed by atoms with Gasteiger partial charge in [0.15, 0.2) is 0 Å². The summed E-state index contributed by atoms with van der Waals surface area (Å²) in [5, 5.41) is 2.50. The average Bonchev–Trinajstić information content (AvgIpc) is 4.09. The van der Waals surface area contributed by atoms with Crippen molar-refractivity contribution in [1.82, 2.24) is 0 Å². The zero-order chi connectivity index (χ0) is 45.3. The van der Waals surface area contributed by atoms with Crippen LogP contribution in [0.1, 0.15) is 84.4 Å². The summed E-state index contributed by atoms with van der Waals surface area (Å²) in [5.74, 6) is 2.54. The molecular formula is C66H58N2. The number of fused-ring (bicyclic) bond motifs is 6. The number of hydrogen-bond acceptors (Lipinski definition) is 2. The molecule has 16 rings (SSSR count). The Morgan fingerprint density at radius 2 is 1.09 bits per heavy atom. The van der Waals surface area contributed by atoms with Gasteiger partial charge in [-0.25, -0.2) is 0 Å². The summed E-state index contributed by atoms with van der Waals surface area (Å²) in [5.41, 5.74) is 22.3. The minimum Gasteiger partial charge on any atom is -0.310 e. The zero-order valence-electron chi connectivity index (χ0n) is 39.3. The van der Waals surface area contributed by atoms with Crippen LogP contribution in [-0.2, 0) is 31.1 Å². The summed E-state index contributed by atoms with van der Waals surface area (Å²) in [6.45, 7) is 4.82. The fourth-order valence-corrected chi connectivity index (χ4v) is 13.0. The zero-order valence-corrected chi connectivity index (χ0v) is 39.3. The Balaban J connectivity index is 0.906. The standard InChI is InChI=1S/C66H58N2/c1-66(2)60-21-12-20-57(48-13-5-3-6-14-48)65(60)58-38-37-55(43-61(58)66)68(62-22-11-16-47-15-9-10-19-56(47)62)64-42-45-24-29-50-28-23-44(25-30-51(64)31-26-45)41-63(50)67(53-17-7-4-8-18-53)54-35-33-49(34-36-54)59-40-46-27-32-52(59)39-46/h3-23,26,28,31,33-38,41-43,46,52,59H,24-25,27,29-30,32,39-40H2,1-2H3. The second kappa shape index (κ2) is 16.6. The lowest BCUT2D eigenvalue weighted by atomic mass is 9.81. The molecule has 0 saturated heterocycles. The lowest BCUT2D eigenvalue weighted by molar-refractivity contribution is 0.420. The van der Waals surface area contributed by atoms with Crippen LogP contribution in [0.15, 0.2) is 200 Å². The lowest BCUT2D eigenvalue weighted by Crippen LogP contribution is -2.18. The van der Waals surface area contributed by atoms with E-state index in [9.17, 15) is 0 Å². The first-order chi connectivity index (χ1) is 33.4. The number of para-hydroxylation sites is 1. The highest BCUT2D eigenvalue weighted by molar-refractivity contribution is 6.00. The maximum absolute atomic E-state index is 2.59. The number of rotatable bonds is 8. The minimum absolute atomic E-state index is 0.174. The quantitative estimate of drug-likeness (QED) is 0.150. The number of nitrogens with zero attached hydrogens (tertiary/aromatic N) is 2. The monoisotopic (exact) mass is 878 g/mol. The smallest absolute Gasteiger partial charge is 0.0540 e. The maximum atomic E-state index is 2.59. The summed E-state index contributed by atoms with van der Waals surface area (Å²) in [6, 6.07) is 76.3. The molecule has 9 aromatic carbocycles. The number of benzene rings is 9. The third-order valence-corrected chi connectivity index (χ3v) is 16.5. The van der Waals surface area contributed by atoms with Crippen molar-refractivity contribution in [2.75, 3.05) is 9.80 Å². The van der Waals surface area contributed by atoms with E-state index in [1.165, 1.54) is 132 Å². The van der Waals surface area contributed by atoms with E-state index in [-0.39, 0.29) is 5.41 Å². The average molecular weight is 879 g/mol. The van der Waals surface area contributed by atoms with Gasteiger partial charge in [0, 0.05) is 39.2 Å². The Bertz CT molecular complexity index is 3340. The van der Waals surface area contributed by atoms with Crippen molar-refractivity contribution in [3.63, 3.8) is 0 Å². The van der Waals surface area contributed by atoms with E-state index in [4.69, 9.17) is 0 Å². The molecule has 0 amide bonds. The van der Waals surface area contributed by atoms with E-state index >= 15 is 0 Å². The summed E-state index contributed by atoms with van der Waals surface area (Å²) >= 11 is 0. The van der Waals surface area contributed by atoms with Crippen LogP contribution in [0.25, 0.3) is 33.0 Å². The Labute approximate surface area is 402 Å². The van der Waals surface area contributed by atoms with Crippen LogP contribution < -0.4 is 9.80 Å². The molecule has 0 N–H and O–H groups in total. The molecule has 0 spiro atoms. The molecule has 68 heavy (non-hydrogen) atoms. The molecular weight excluding hydrogens is 821 g/mol. The van der Waals surface area contributed by atoms with E-state index in [1.54, 1.807) is 0 Å². The molecule has 2 heteroatoms. The first kappa shape index (κ1) is 41.1. The van der Waals surface area contributed by atoms with Gasteiger partial charge in [-0.3, -0.25) is 0 Å². The first-order valence-corrected chi connectivity index (χ1v) is 25.2. The van der Waals surface area contributed by atoms with Gasteiger partial charge in [0.25, 0.3) is 0 Å². The lowest BCUT2D eigenvalue weighted by Gasteiger charge is -2.32. The SMILES string of the molecule is CC1(C)c2cc(N(c3cc4ccc3CCc3ccc(c(N(c5ccccc5)c5ccc(C6CC7CCC6C7)cc5)c3)CC4)c3cccc4ccccc34)ccc2-c2c(-c3ccccc3)cccc21. The van der Waals surface area contributed by atoms with Crippen LogP contribution in [0.2, 0.25) is 0 Å². The molecule has 0 aromatic heterocycles. The van der Waals surface area contributed by atoms with Gasteiger partial charge in [0.1, 0.15) is 0 Å². The van der Waals surface area contributed by atoms with Crippen molar-refractivity contribution in [3.8, 4) is 22.3 Å². The van der Waals surface area contributed by atoms with E-state index in [0.717, 1.165) is 43.4 Å². The van der Waals surface area contributed by atoms with Gasteiger partial charge < -0.3 is 9.80 Å². The molecule has 3 atom stereocenters. The largest absolute Gasteiger partial charge is 0.310 e. The molecule has 0 radical (unpaired) electrons. The van der Waals surface area contributed by atoms with Crippen molar-refractivity contribution < 1.29 is 0 Å². The van der Waals surface area contributed by atoms with Crippen LogP contribution in [-0.4, -0.2) is 0 Å². The third kappa shape index (κ3) is 6.99. The fraction of sp³-hybridized carbons (Fsp3) is 0.212. The molecule has 2 saturated carbocycles. The van der Waals surface area contributed by atoms with Gasteiger partial charge in [-0.15, -0.1) is 0 Å². The van der Waals surface area contributed by atoms with E-state index in [0.29, 0.717) is 0 Å². The highest BCUT2D eigenvalue weighted by Gasteiger charge is 2.40. The van der Waals surface area contributed by atoms with Crippen LogP contribution in [0.3, 0.4) is 0 Å².